The largest absolute Gasteiger partial charge is 0.410 e. The third-order valence-corrected chi connectivity index (χ3v) is 1.70. The van der Waals surface area contributed by atoms with Crippen molar-refractivity contribution in [2.45, 2.75) is 0 Å². The molecule has 13 heavy (non-hydrogen) atoms. The van der Waals surface area contributed by atoms with Crippen LogP contribution >= 0.6 is 11.6 Å². The monoisotopic (exact) mass is 200 g/mol. The molecule has 0 saturated heterocycles. The lowest BCUT2D eigenvalue weighted by molar-refractivity contribution is -0.384. The first-order valence-electron chi connectivity index (χ1n) is 3.27. The Morgan fingerprint density at radius 1 is 1.46 bits per heavy atom. The summed E-state index contributed by atoms with van der Waals surface area (Å²) in [5.41, 5.74) is 0.390. The van der Waals surface area contributed by atoms with Crippen LogP contribution in [-0.4, -0.2) is 15.3 Å². The molecule has 0 unspecified atom stereocenters. The van der Waals surface area contributed by atoms with Crippen LogP contribution in [0.3, 0.4) is 0 Å². The molecule has 0 spiro atoms. The van der Waals surface area contributed by atoms with E-state index >= 15 is 0 Å². The van der Waals surface area contributed by atoms with Crippen molar-refractivity contribution in [3.05, 3.63) is 39.9 Å². The van der Waals surface area contributed by atoms with Gasteiger partial charge >= 0.3 is 0 Å². The number of nitro benzene ring substituents is 1. The lowest BCUT2D eigenvalue weighted by atomic mass is 10.2. The van der Waals surface area contributed by atoms with Gasteiger partial charge in [0.25, 0.3) is 5.69 Å². The summed E-state index contributed by atoms with van der Waals surface area (Å²) < 4.78 is 0. The van der Waals surface area contributed by atoms with E-state index in [2.05, 4.69) is 5.16 Å². The first-order chi connectivity index (χ1) is 6.15. The fourth-order valence-corrected chi connectivity index (χ4v) is 0.904. The highest BCUT2D eigenvalue weighted by Crippen LogP contribution is 2.13. The zero-order chi connectivity index (χ0) is 9.84. The molecule has 0 bridgehead atoms. The van der Waals surface area contributed by atoms with Gasteiger partial charge in [-0.3, -0.25) is 10.1 Å². The van der Waals surface area contributed by atoms with Gasteiger partial charge < -0.3 is 5.21 Å². The average Bonchev–Trinajstić information content (AvgIpc) is 2.17. The molecular weight excluding hydrogens is 196 g/mol. The standard InChI is InChI=1S/C7H5ClN2O3/c8-7(9-11)5-1-3-6(4-2-5)10(12)13/h1-4,11H. The van der Waals surface area contributed by atoms with Gasteiger partial charge in [-0.2, -0.15) is 0 Å². The summed E-state index contributed by atoms with van der Waals surface area (Å²) in [6.07, 6.45) is 0. The average molecular weight is 201 g/mol. The molecule has 0 aliphatic heterocycles. The minimum Gasteiger partial charge on any atom is -0.410 e. The lowest BCUT2D eigenvalue weighted by Crippen LogP contribution is -1.92. The Bertz CT molecular complexity index is 347. The quantitative estimate of drug-likeness (QED) is 0.343. The molecule has 0 aromatic heterocycles. The summed E-state index contributed by atoms with van der Waals surface area (Å²) in [4.78, 5) is 9.72. The third-order valence-electron chi connectivity index (χ3n) is 1.40. The summed E-state index contributed by atoms with van der Waals surface area (Å²) >= 11 is 5.45. The number of nitro groups is 1. The molecule has 0 saturated carbocycles. The summed E-state index contributed by atoms with van der Waals surface area (Å²) in [5.74, 6) is 0. The Labute approximate surface area is 78.4 Å². The minimum absolute atomic E-state index is 0.0360. The van der Waals surface area contributed by atoms with Crippen molar-refractivity contribution in [2.24, 2.45) is 5.16 Å². The SMILES string of the molecule is O=[N+]([O-])c1ccc(C(Cl)=NO)cc1. The Kier molecular flexibility index (Phi) is 2.81. The maximum absolute atomic E-state index is 10.2. The number of hydrogen-bond donors (Lipinski definition) is 1. The van der Waals surface area contributed by atoms with Crippen LogP contribution in [0.5, 0.6) is 0 Å². The van der Waals surface area contributed by atoms with Crippen LogP contribution in [0.1, 0.15) is 5.56 Å². The molecular formula is C7H5ClN2O3. The van der Waals surface area contributed by atoms with Crippen LogP contribution in [-0.2, 0) is 0 Å². The van der Waals surface area contributed by atoms with Crippen molar-refractivity contribution in [3.63, 3.8) is 0 Å². The van der Waals surface area contributed by atoms with Crippen LogP contribution in [0.2, 0.25) is 0 Å². The van der Waals surface area contributed by atoms with Gasteiger partial charge in [0, 0.05) is 17.7 Å². The highest BCUT2D eigenvalue weighted by Gasteiger charge is 2.05. The first-order valence-corrected chi connectivity index (χ1v) is 3.65. The Morgan fingerprint density at radius 3 is 2.38 bits per heavy atom. The predicted octanol–water partition coefficient (Wildman–Crippen LogP) is 1.97. The van der Waals surface area contributed by atoms with E-state index in [1.165, 1.54) is 24.3 Å². The maximum atomic E-state index is 10.2. The van der Waals surface area contributed by atoms with Crippen LogP contribution in [0.15, 0.2) is 29.4 Å². The Balaban J connectivity index is 3.00. The zero-order valence-corrected chi connectivity index (χ0v) is 7.10. The van der Waals surface area contributed by atoms with Crippen LogP contribution in [0, 0.1) is 10.1 Å². The Morgan fingerprint density at radius 2 is 2.00 bits per heavy atom. The number of benzene rings is 1. The summed E-state index contributed by atoms with van der Waals surface area (Å²) in [5, 5.41) is 21.2. The number of halogens is 1. The molecule has 1 aromatic rings. The van der Waals surface area contributed by atoms with Crippen LogP contribution < -0.4 is 0 Å². The first kappa shape index (κ1) is 9.47. The number of hydrogen-bond acceptors (Lipinski definition) is 4. The minimum atomic E-state index is -0.520. The van der Waals surface area contributed by atoms with Crippen molar-refractivity contribution >= 4 is 22.5 Å². The molecule has 0 aliphatic rings. The molecule has 1 aromatic carbocycles. The highest BCUT2D eigenvalue weighted by molar-refractivity contribution is 6.69. The van der Waals surface area contributed by atoms with Crippen molar-refractivity contribution < 1.29 is 10.1 Å². The van der Waals surface area contributed by atoms with Crippen molar-refractivity contribution in [3.8, 4) is 0 Å². The molecule has 6 heteroatoms. The van der Waals surface area contributed by atoms with E-state index in [0.717, 1.165) is 0 Å². The zero-order valence-electron chi connectivity index (χ0n) is 6.35. The Hall–Kier alpha value is -1.62. The predicted molar refractivity (Wildman–Crippen MR) is 47.3 cm³/mol. The number of oxime groups is 1. The van der Waals surface area contributed by atoms with E-state index in [0.29, 0.717) is 5.56 Å². The van der Waals surface area contributed by atoms with E-state index in [-0.39, 0.29) is 10.9 Å². The van der Waals surface area contributed by atoms with E-state index in [1.54, 1.807) is 0 Å². The molecule has 0 amide bonds. The normalized spacial score (nSPS) is 11.3. The summed E-state index contributed by atoms with van der Waals surface area (Å²) in [6.45, 7) is 0. The second-order valence-corrected chi connectivity index (χ2v) is 2.55. The van der Waals surface area contributed by atoms with Crippen LogP contribution in [0.4, 0.5) is 5.69 Å². The van der Waals surface area contributed by atoms with E-state index in [1.807, 2.05) is 0 Å². The second kappa shape index (κ2) is 3.86. The lowest BCUT2D eigenvalue weighted by Gasteiger charge is -1.94. The van der Waals surface area contributed by atoms with Gasteiger partial charge in [-0.05, 0) is 12.1 Å². The van der Waals surface area contributed by atoms with Gasteiger partial charge in [0.1, 0.15) is 0 Å². The van der Waals surface area contributed by atoms with Gasteiger partial charge in [-0.15, -0.1) is 0 Å². The molecule has 0 atom stereocenters. The van der Waals surface area contributed by atoms with Crippen molar-refractivity contribution in [1.29, 1.82) is 0 Å². The summed E-state index contributed by atoms with van der Waals surface area (Å²) in [7, 11) is 0. The van der Waals surface area contributed by atoms with Crippen molar-refractivity contribution in [1.82, 2.24) is 0 Å². The van der Waals surface area contributed by atoms with Gasteiger partial charge in [-0.1, -0.05) is 16.8 Å². The molecule has 5 nitrogen and oxygen atoms in total. The van der Waals surface area contributed by atoms with Gasteiger partial charge in [-0.25, -0.2) is 0 Å². The number of rotatable bonds is 2. The van der Waals surface area contributed by atoms with E-state index in [9.17, 15) is 10.1 Å². The molecule has 1 N–H and O–H groups in total. The van der Waals surface area contributed by atoms with Gasteiger partial charge in [0.15, 0.2) is 5.17 Å². The molecule has 68 valence electrons. The van der Waals surface area contributed by atoms with Crippen LogP contribution in [0.25, 0.3) is 0 Å². The highest BCUT2D eigenvalue weighted by atomic mass is 35.5. The molecule has 0 radical (unpaired) electrons. The second-order valence-electron chi connectivity index (χ2n) is 2.19. The number of nitrogens with zero attached hydrogens (tertiary/aromatic N) is 2. The number of non-ortho nitro benzene ring substituents is 1. The van der Waals surface area contributed by atoms with E-state index < -0.39 is 4.92 Å². The molecule has 0 aliphatic carbocycles. The molecule has 0 fully saturated rings. The smallest absolute Gasteiger partial charge is 0.269 e. The molecule has 1 rings (SSSR count). The fraction of sp³-hybridized carbons (Fsp3) is 0. The maximum Gasteiger partial charge on any atom is 0.269 e. The topological polar surface area (TPSA) is 75.7 Å². The molecule has 0 heterocycles. The van der Waals surface area contributed by atoms with E-state index in [4.69, 9.17) is 16.8 Å². The summed E-state index contributed by atoms with van der Waals surface area (Å²) in [6, 6.07) is 5.37. The van der Waals surface area contributed by atoms with Gasteiger partial charge in [0.05, 0.1) is 4.92 Å². The third kappa shape index (κ3) is 2.16. The van der Waals surface area contributed by atoms with Gasteiger partial charge in [0.2, 0.25) is 0 Å². The van der Waals surface area contributed by atoms with Crippen molar-refractivity contribution in [2.75, 3.05) is 0 Å². The fourth-order valence-electron chi connectivity index (χ4n) is 0.778.